The van der Waals surface area contributed by atoms with Crippen molar-refractivity contribution in [3.8, 4) is 5.75 Å². The summed E-state index contributed by atoms with van der Waals surface area (Å²) in [5.41, 5.74) is 6.19. The SMILES string of the molecule is Nc1cccc(C(=O)N(Cc2cccs2)C2CC2)c1O. The van der Waals surface area contributed by atoms with E-state index >= 15 is 0 Å². The van der Waals surface area contributed by atoms with Crippen LogP contribution in [0.5, 0.6) is 5.75 Å². The van der Waals surface area contributed by atoms with E-state index in [2.05, 4.69) is 0 Å². The number of nitrogens with zero attached hydrogens (tertiary/aromatic N) is 1. The van der Waals surface area contributed by atoms with E-state index in [0.717, 1.165) is 17.7 Å². The second kappa shape index (κ2) is 5.17. The number of thiophene rings is 1. The summed E-state index contributed by atoms with van der Waals surface area (Å²) >= 11 is 1.64. The van der Waals surface area contributed by atoms with Crippen molar-refractivity contribution in [1.82, 2.24) is 4.90 Å². The van der Waals surface area contributed by atoms with Crippen molar-refractivity contribution in [3.63, 3.8) is 0 Å². The average Bonchev–Trinajstić information content (AvgIpc) is 3.15. The van der Waals surface area contributed by atoms with Gasteiger partial charge in [-0.1, -0.05) is 12.1 Å². The van der Waals surface area contributed by atoms with Crippen molar-refractivity contribution in [1.29, 1.82) is 0 Å². The monoisotopic (exact) mass is 288 g/mol. The summed E-state index contributed by atoms with van der Waals surface area (Å²) in [5, 5.41) is 12.0. The predicted molar refractivity (Wildman–Crippen MR) is 79.7 cm³/mol. The quantitative estimate of drug-likeness (QED) is 0.671. The number of nitrogens with two attached hydrogens (primary N) is 1. The van der Waals surface area contributed by atoms with Gasteiger partial charge in [0, 0.05) is 10.9 Å². The highest BCUT2D eigenvalue weighted by Gasteiger charge is 2.34. The molecule has 0 aliphatic heterocycles. The minimum absolute atomic E-state index is 0.116. The molecule has 1 aliphatic carbocycles. The number of hydrogen-bond acceptors (Lipinski definition) is 4. The van der Waals surface area contributed by atoms with Crippen molar-refractivity contribution in [2.45, 2.75) is 25.4 Å². The number of aromatic hydroxyl groups is 1. The van der Waals surface area contributed by atoms with Gasteiger partial charge in [0.15, 0.2) is 5.75 Å². The van der Waals surface area contributed by atoms with E-state index in [9.17, 15) is 9.90 Å². The van der Waals surface area contributed by atoms with E-state index in [1.807, 2.05) is 22.4 Å². The first-order chi connectivity index (χ1) is 9.66. The maximum absolute atomic E-state index is 12.6. The zero-order valence-corrected chi connectivity index (χ0v) is 11.8. The molecule has 0 spiro atoms. The van der Waals surface area contributed by atoms with E-state index in [0.29, 0.717) is 6.54 Å². The number of nitrogen functional groups attached to an aromatic ring is 1. The summed E-state index contributed by atoms with van der Waals surface area (Å²) in [5.74, 6) is -0.264. The molecule has 104 valence electrons. The fourth-order valence-electron chi connectivity index (χ4n) is 2.21. The first kappa shape index (κ1) is 13.0. The standard InChI is InChI=1S/C15H16N2O2S/c16-13-5-1-4-12(14(13)18)15(19)17(10-6-7-10)9-11-3-2-8-20-11/h1-5,8,10,18H,6-7,9,16H2. The van der Waals surface area contributed by atoms with Gasteiger partial charge in [-0.3, -0.25) is 4.79 Å². The Hall–Kier alpha value is -2.01. The lowest BCUT2D eigenvalue weighted by molar-refractivity contribution is 0.0728. The highest BCUT2D eigenvalue weighted by Crippen LogP contribution is 2.33. The molecule has 5 heteroatoms. The molecule has 1 aromatic carbocycles. The first-order valence-corrected chi connectivity index (χ1v) is 7.45. The lowest BCUT2D eigenvalue weighted by Crippen LogP contribution is -2.32. The van der Waals surface area contributed by atoms with Crippen LogP contribution < -0.4 is 5.73 Å². The van der Waals surface area contributed by atoms with E-state index < -0.39 is 0 Å². The molecular formula is C15H16N2O2S. The summed E-state index contributed by atoms with van der Waals surface area (Å²) in [7, 11) is 0. The molecule has 0 atom stereocenters. The molecule has 1 aliphatic rings. The first-order valence-electron chi connectivity index (χ1n) is 6.57. The van der Waals surface area contributed by atoms with E-state index in [1.165, 1.54) is 0 Å². The van der Waals surface area contributed by atoms with Crippen molar-refractivity contribution < 1.29 is 9.90 Å². The van der Waals surface area contributed by atoms with Crippen LogP contribution in [0.1, 0.15) is 28.1 Å². The molecule has 20 heavy (non-hydrogen) atoms. The minimum Gasteiger partial charge on any atom is -0.505 e. The van der Waals surface area contributed by atoms with Crippen LogP contribution in [-0.2, 0) is 6.54 Å². The molecule has 0 saturated heterocycles. The Balaban J connectivity index is 1.87. The van der Waals surface area contributed by atoms with Gasteiger partial charge in [-0.05, 0) is 36.4 Å². The summed E-state index contributed by atoms with van der Waals surface area (Å²) in [6.07, 6.45) is 2.06. The zero-order valence-electron chi connectivity index (χ0n) is 11.0. The Morgan fingerprint density at radius 2 is 2.15 bits per heavy atom. The van der Waals surface area contributed by atoms with Gasteiger partial charge in [0.25, 0.3) is 5.91 Å². The van der Waals surface area contributed by atoms with Crippen molar-refractivity contribution in [2.75, 3.05) is 5.73 Å². The molecule has 0 radical (unpaired) electrons. The maximum Gasteiger partial charge on any atom is 0.258 e. The highest BCUT2D eigenvalue weighted by molar-refractivity contribution is 7.09. The lowest BCUT2D eigenvalue weighted by atomic mass is 10.1. The van der Waals surface area contributed by atoms with E-state index in [1.54, 1.807) is 29.5 Å². The van der Waals surface area contributed by atoms with Gasteiger partial charge in [0.1, 0.15) is 0 Å². The number of carbonyl (C=O) groups excluding carboxylic acids is 1. The number of phenolic OH excluding ortho intramolecular Hbond substituents is 1. The summed E-state index contributed by atoms with van der Waals surface area (Å²) in [6, 6.07) is 9.19. The molecule has 3 rings (SSSR count). The minimum atomic E-state index is -0.147. The Morgan fingerprint density at radius 1 is 1.35 bits per heavy atom. The van der Waals surface area contributed by atoms with Gasteiger partial charge < -0.3 is 15.7 Å². The number of hydrogen-bond donors (Lipinski definition) is 2. The van der Waals surface area contributed by atoms with E-state index in [4.69, 9.17) is 5.73 Å². The zero-order chi connectivity index (χ0) is 14.1. The Kier molecular flexibility index (Phi) is 3.36. The second-order valence-electron chi connectivity index (χ2n) is 4.99. The van der Waals surface area contributed by atoms with Crippen LogP contribution in [0.25, 0.3) is 0 Å². The number of anilines is 1. The summed E-state index contributed by atoms with van der Waals surface area (Å²) in [4.78, 5) is 15.6. The third-order valence-corrected chi connectivity index (χ3v) is 4.31. The predicted octanol–water partition coefficient (Wildman–Crippen LogP) is 2.84. The molecule has 1 amide bonds. The van der Waals surface area contributed by atoms with Crippen molar-refractivity contribution in [2.24, 2.45) is 0 Å². The normalized spacial score (nSPS) is 14.2. The van der Waals surface area contributed by atoms with Gasteiger partial charge in [0.2, 0.25) is 0 Å². The molecular weight excluding hydrogens is 272 g/mol. The summed E-state index contributed by atoms with van der Waals surface area (Å²) < 4.78 is 0. The second-order valence-corrected chi connectivity index (χ2v) is 6.02. The maximum atomic E-state index is 12.6. The van der Waals surface area contributed by atoms with Crippen LogP contribution in [0, 0.1) is 0 Å². The van der Waals surface area contributed by atoms with Crippen molar-refractivity contribution in [3.05, 3.63) is 46.2 Å². The molecule has 1 saturated carbocycles. The average molecular weight is 288 g/mol. The van der Waals surface area contributed by atoms with Gasteiger partial charge in [-0.25, -0.2) is 0 Å². The smallest absolute Gasteiger partial charge is 0.258 e. The topological polar surface area (TPSA) is 66.6 Å². The number of benzene rings is 1. The van der Waals surface area contributed by atoms with Crippen LogP contribution >= 0.6 is 11.3 Å². The van der Waals surface area contributed by atoms with Crippen LogP contribution in [0.2, 0.25) is 0 Å². The fourth-order valence-corrected chi connectivity index (χ4v) is 2.91. The van der Waals surface area contributed by atoms with Crippen molar-refractivity contribution >= 4 is 22.9 Å². The number of rotatable bonds is 4. The molecule has 1 fully saturated rings. The van der Waals surface area contributed by atoms with Gasteiger partial charge >= 0.3 is 0 Å². The largest absolute Gasteiger partial charge is 0.505 e. The Bertz CT molecular complexity index is 621. The van der Waals surface area contributed by atoms with Crippen LogP contribution in [0.4, 0.5) is 5.69 Å². The number of para-hydroxylation sites is 1. The van der Waals surface area contributed by atoms with Crippen LogP contribution in [0.15, 0.2) is 35.7 Å². The Labute approximate surface area is 121 Å². The lowest BCUT2D eigenvalue weighted by Gasteiger charge is -2.22. The molecule has 1 heterocycles. The molecule has 3 N–H and O–H groups in total. The number of phenols is 1. The van der Waals surface area contributed by atoms with Crippen LogP contribution in [0.3, 0.4) is 0 Å². The van der Waals surface area contributed by atoms with Gasteiger partial charge in [0.05, 0.1) is 17.8 Å². The fraction of sp³-hybridized carbons (Fsp3) is 0.267. The molecule has 4 nitrogen and oxygen atoms in total. The number of amides is 1. The molecule has 1 aromatic heterocycles. The number of carbonyl (C=O) groups is 1. The Morgan fingerprint density at radius 3 is 2.80 bits per heavy atom. The highest BCUT2D eigenvalue weighted by atomic mass is 32.1. The molecule has 0 bridgehead atoms. The third kappa shape index (κ3) is 2.49. The molecule has 2 aromatic rings. The van der Waals surface area contributed by atoms with Crippen LogP contribution in [-0.4, -0.2) is 22.0 Å². The van der Waals surface area contributed by atoms with E-state index in [-0.39, 0.29) is 28.9 Å². The molecule has 0 unspecified atom stereocenters. The third-order valence-electron chi connectivity index (χ3n) is 3.45. The summed E-state index contributed by atoms with van der Waals surface area (Å²) in [6.45, 7) is 0.593. The van der Waals surface area contributed by atoms with Gasteiger partial charge in [-0.2, -0.15) is 0 Å². The van der Waals surface area contributed by atoms with Gasteiger partial charge in [-0.15, -0.1) is 11.3 Å².